The average molecular weight is 245 g/mol. The summed E-state index contributed by atoms with van der Waals surface area (Å²) in [5.74, 6) is -2.28. The number of phenols is 1. The molecule has 3 nitrogen and oxygen atoms in total. The highest BCUT2D eigenvalue weighted by Crippen LogP contribution is 2.54. The van der Waals surface area contributed by atoms with Gasteiger partial charge in [-0.3, -0.25) is 4.79 Å². The second kappa shape index (κ2) is 3.63. The summed E-state index contributed by atoms with van der Waals surface area (Å²) in [6.07, 6.45) is 1.01. The number of carboxylic acid groups (broad SMARTS) is 1. The average Bonchev–Trinajstić information content (AvgIpc) is 2.92. The summed E-state index contributed by atoms with van der Waals surface area (Å²) in [5.41, 5.74) is -0.595. The van der Waals surface area contributed by atoms with Crippen molar-refractivity contribution in [1.29, 1.82) is 0 Å². The van der Waals surface area contributed by atoms with Gasteiger partial charge in [0, 0.05) is 16.0 Å². The van der Waals surface area contributed by atoms with Crippen LogP contribution in [0.1, 0.15) is 24.8 Å². The summed E-state index contributed by atoms with van der Waals surface area (Å²) >= 11 is 5.87. The second-order valence-corrected chi connectivity index (χ2v) is 4.51. The molecule has 2 N–H and O–H groups in total. The molecule has 86 valence electrons. The van der Waals surface area contributed by atoms with Gasteiger partial charge < -0.3 is 10.2 Å². The minimum atomic E-state index is -0.990. The first-order valence-corrected chi connectivity index (χ1v) is 5.23. The Morgan fingerprint density at radius 1 is 1.50 bits per heavy atom. The number of rotatable bonds is 3. The first-order valence-electron chi connectivity index (χ1n) is 4.85. The molecule has 1 saturated carbocycles. The van der Waals surface area contributed by atoms with Crippen LogP contribution in [0.3, 0.4) is 0 Å². The topological polar surface area (TPSA) is 57.5 Å². The molecule has 0 radical (unpaired) electrons. The van der Waals surface area contributed by atoms with Crippen molar-refractivity contribution in [2.75, 3.05) is 0 Å². The molecule has 16 heavy (non-hydrogen) atoms. The molecule has 0 saturated heterocycles. The van der Waals surface area contributed by atoms with Crippen LogP contribution in [0, 0.1) is 5.82 Å². The Morgan fingerprint density at radius 2 is 2.12 bits per heavy atom. The van der Waals surface area contributed by atoms with Gasteiger partial charge in [-0.15, -0.1) is 0 Å². The van der Waals surface area contributed by atoms with Crippen LogP contribution in [-0.2, 0) is 10.2 Å². The smallest absolute Gasteiger partial charge is 0.304 e. The Hall–Kier alpha value is -1.29. The van der Waals surface area contributed by atoms with E-state index < -0.39 is 23.0 Å². The van der Waals surface area contributed by atoms with E-state index in [9.17, 15) is 14.3 Å². The number of hydrogen-bond donors (Lipinski definition) is 2. The first-order chi connectivity index (χ1) is 7.46. The van der Waals surface area contributed by atoms with Crippen LogP contribution < -0.4 is 0 Å². The summed E-state index contributed by atoms with van der Waals surface area (Å²) in [7, 11) is 0. The molecule has 1 aliphatic rings. The van der Waals surface area contributed by atoms with Crippen LogP contribution in [0.25, 0.3) is 0 Å². The third-order valence-corrected chi connectivity index (χ3v) is 3.26. The lowest BCUT2D eigenvalue weighted by molar-refractivity contribution is -0.137. The van der Waals surface area contributed by atoms with Crippen LogP contribution in [0.5, 0.6) is 5.75 Å². The van der Waals surface area contributed by atoms with Gasteiger partial charge in [0.05, 0.1) is 6.42 Å². The van der Waals surface area contributed by atoms with E-state index in [0.717, 1.165) is 6.07 Å². The number of benzene rings is 1. The molecular weight excluding hydrogens is 235 g/mol. The third kappa shape index (κ3) is 1.73. The normalized spacial score (nSPS) is 17.1. The van der Waals surface area contributed by atoms with Crippen molar-refractivity contribution in [3.05, 3.63) is 28.5 Å². The van der Waals surface area contributed by atoms with Crippen LogP contribution >= 0.6 is 11.6 Å². The molecule has 0 heterocycles. The molecular formula is C11H10ClFO3. The zero-order valence-corrected chi connectivity index (χ0v) is 9.09. The van der Waals surface area contributed by atoms with E-state index in [2.05, 4.69) is 0 Å². The maximum atomic E-state index is 13.7. The predicted molar refractivity (Wildman–Crippen MR) is 56.2 cm³/mol. The van der Waals surface area contributed by atoms with E-state index >= 15 is 0 Å². The summed E-state index contributed by atoms with van der Waals surface area (Å²) in [4.78, 5) is 10.7. The van der Waals surface area contributed by atoms with E-state index in [1.165, 1.54) is 6.07 Å². The lowest BCUT2D eigenvalue weighted by Crippen LogP contribution is -2.15. The number of aromatic hydroxyl groups is 1. The summed E-state index contributed by atoms with van der Waals surface area (Å²) in [6, 6.07) is 2.55. The highest BCUT2D eigenvalue weighted by molar-refractivity contribution is 6.31. The maximum Gasteiger partial charge on any atom is 0.304 e. The molecule has 0 spiro atoms. The lowest BCUT2D eigenvalue weighted by Gasteiger charge is -2.16. The second-order valence-electron chi connectivity index (χ2n) is 4.11. The van der Waals surface area contributed by atoms with E-state index in [4.69, 9.17) is 16.7 Å². The molecule has 0 aromatic heterocycles. The fraction of sp³-hybridized carbons (Fsp3) is 0.364. The van der Waals surface area contributed by atoms with Crippen molar-refractivity contribution in [2.24, 2.45) is 0 Å². The Morgan fingerprint density at radius 3 is 2.62 bits per heavy atom. The SMILES string of the molecule is O=C(O)CC1(c2c(Cl)ccc(O)c2F)CC1. The van der Waals surface area contributed by atoms with Crippen molar-refractivity contribution in [3.8, 4) is 5.75 Å². The Balaban J connectivity index is 2.48. The highest BCUT2D eigenvalue weighted by atomic mass is 35.5. The largest absolute Gasteiger partial charge is 0.505 e. The minimum absolute atomic E-state index is 0.136. The maximum absolute atomic E-state index is 13.7. The van der Waals surface area contributed by atoms with Crippen LogP contribution in [0.2, 0.25) is 5.02 Å². The molecule has 0 bridgehead atoms. The molecule has 1 fully saturated rings. The number of hydrogen-bond acceptors (Lipinski definition) is 2. The fourth-order valence-electron chi connectivity index (χ4n) is 1.98. The van der Waals surface area contributed by atoms with E-state index in [1.807, 2.05) is 0 Å². The van der Waals surface area contributed by atoms with Crippen LogP contribution in [0.4, 0.5) is 4.39 Å². The molecule has 5 heteroatoms. The molecule has 1 aromatic rings. The van der Waals surface area contributed by atoms with Gasteiger partial charge in [0.15, 0.2) is 11.6 Å². The van der Waals surface area contributed by atoms with Crippen molar-refractivity contribution in [3.63, 3.8) is 0 Å². The van der Waals surface area contributed by atoms with Gasteiger partial charge in [-0.05, 0) is 25.0 Å². The van der Waals surface area contributed by atoms with Crippen molar-refractivity contribution in [2.45, 2.75) is 24.7 Å². The number of aliphatic carboxylic acids is 1. The fourth-order valence-corrected chi connectivity index (χ4v) is 2.33. The third-order valence-electron chi connectivity index (χ3n) is 2.94. The van der Waals surface area contributed by atoms with E-state index in [1.54, 1.807) is 0 Å². The highest BCUT2D eigenvalue weighted by Gasteiger charge is 2.49. The molecule has 0 unspecified atom stereocenters. The zero-order valence-electron chi connectivity index (χ0n) is 8.33. The minimum Gasteiger partial charge on any atom is -0.505 e. The first kappa shape index (κ1) is 11.2. The van der Waals surface area contributed by atoms with E-state index in [-0.39, 0.29) is 17.0 Å². The summed E-state index contributed by atoms with van der Waals surface area (Å²) in [6.45, 7) is 0. The van der Waals surface area contributed by atoms with Gasteiger partial charge in [-0.25, -0.2) is 4.39 Å². The molecule has 0 aliphatic heterocycles. The van der Waals surface area contributed by atoms with Gasteiger partial charge in [0.25, 0.3) is 0 Å². The van der Waals surface area contributed by atoms with Crippen LogP contribution in [0.15, 0.2) is 12.1 Å². The number of carboxylic acids is 1. The lowest BCUT2D eigenvalue weighted by atomic mass is 9.91. The molecule has 1 aromatic carbocycles. The number of halogens is 2. The van der Waals surface area contributed by atoms with Gasteiger partial charge in [0.1, 0.15) is 0 Å². The summed E-state index contributed by atoms with van der Waals surface area (Å²) < 4.78 is 13.7. The molecule has 0 atom stereocenters. The van der Waals surface area contributed by atoms with Gasteiger partial charge in [-0.2, -0.15) is 0 Å². The molecule has 0 amide bonds. The molecule has 1 aliphatic carbocycles. The standard InChI is InChI=1S/C11H10ClFO3/c12-6-1-2-7(14)10(13)9(6)11(3-4-11)5-8(15)16/h1-2,14H,3-5H2,(H,15,16). The van der Waals surface area contributed by atoms with Crippen molar-refractivity contribution >= 4 is 17.6 Å². The quantitative estimate of drug-likeness (QED) is 0.860. The van der Waals surface area contributed by atoms with Crippen LogP contribution in [-0.4, -0.2) is 16.2 Å². The Bertz CT molecular complexity index is 455. The summed E-state index contributed by atoms with van der Waals surface area (Å²) in [5, 5.41) is 18.2. The molecule has 2 rings (SSSR count). The Labute approximate surface area is 96.5 Å². The Kier molecular flexibility index (Phi) is 2.54. The van der Waals surface area contributed by atoms with E-state index in [0.29, 0.717) is 12.8 Å². The van der Waals surface area contributed by atoms with Gasteiger partial charge in [0.2, 0.25) is 0 Å². The number of carbonyl (C=O) groups is 1. The predicted octanol–water partition coefficient (Wildman–Crippen LogP) is 2.69. The number of phenolic OH excluding ortho intramolecular Hbond substituents is 1. The van der Waals surface area contributed by atoms with Gasteiger partial charge in [-0.1, -0.05) is 11.6 Å². The zero-order chi connectivity index (χ0) is 11.9. The van der Waals surface area contributed by atoms with Crippen molar-refractivity contribution < 1.29 is 19.4 Å². The van der Waals surface area contributed by atoms with Crippen molar-refractivity contribution in [1.82, 2.24) is 0 Å². The van der Waals surface area contributed by atoms with Gasteiger partial charge >= 0.3 is 5.97 Å². The monoisotopic (exact) mass is 244 g/mol.